The average molecular weight is 566 g/mol. The van der Waals surface area contributed by atoms with E-state index >= 15 is 0 Å². The van der Waals surface area contributed by atoms with Crippen molar-refractivity contribution in [3.05, 3.63) is 101 Å². The van der Waals surface area contributed by atoms with Crippen molar-refractivity contribution in [1.29, 1.82) is 0 Å². The topological polar surface area (TPSA) is 55.8 Å². The zero-order valence-corrected chi connectivity index (χ0v) is 25.2. The lowest BCUT2D eigenvalue weighted by Crippen LogP contribution is -2.61. The number of aromatic hydroxyl groups is 1. The summed E-state index contributed by atoms with van der Waals surface area (Å²) < 4.78 is 0. The number of carbonyl (C=O) groups is 1. The fraction of sp³-hybridized carbons (Fsp3) is 0.486. The molecule has 5 nitrogen and oxygen atoms in total. The van der Waals surface area contributed by atoms with Gasteiger partial charge in [0, 0.05) is 44.1 Å². The Bertz CT molecular complexity index is 1360. The third kappa shape index (κ3) is 6.28. The summed E-state index contributed by atoms with van der Waals surface area (Å²) >= 11 is 0. The summed E-state index contributed by atoms with van der Waals surface area (Å²) in [5.74, 6) is 0.510. The molecule has 1 saturated carbocycles. The van der Waals surface area contributed by atoms with Gasteiger partial charge in [0.15, 0.2) is 0 Å². The highest BCUT2D eigenvalue weighted by Gasteiger charge is 2.55. The van der Waals surface area contributed by atoms with Crippen LogP contribution in [0.15, 0.2) is 78.9 Å². The lowest BCUT2D eigenvalue weighted by Gasteiger charge is -2.59. The van der Waals surface area contributed by atoms with E-state index in [1.54, 1.807) is 6.07 Å². The minimum absolute atomic E-state index is 0.0611. The lowest BCUT2D eigenvalue weighted by atomic mass is 9.50. The number of hydrogen-bond donors (Lipinski definition) is 2. The Morgan fingerprint density at radius 3 is 2.57 bits per heavy atom. The van der Waals surface area contributed by atoms with E-state index in [-0.39, 0.29) is 22.8 Å². The molecule has 3 aromatic rings. The Kier molecular flexibility index (Phi) is 8.69. The molecule has 6 rings (SSSR count). The Morgan fingerprint density at radius 1 is 0.929 bits per heavy atom. The van der Waals surface area contributed by atoms with Gasteiger partial charge in [0.25, 0.3) is 0 Å². The fourth-order valence-corrected chi connectivity index (χ4v) is 8.24. The summed E-state index contributed by atoms with van der Waals surface area (Å²) in [5, 5.41) is 13.9. The largest absolute Gasteiger partial charge is 0.508 e. The van der Waals surface area contributed by atoms with Gasteiger partial charge in [0.1, 0.15) is 5.75 Å². The van der Waals surface area contributed by atoms with Crippen LogP contribution in [-0.4, -0.2) is 59.6 Å². The Hall–Kier alpha value is -3.15. The second-order valence-electron chi connectivity index (χ2n) is 13.4. The molecular formula is C37H47N3O2. The van der Waals surface area contributed by atoms with E-state index in [1.165, 1.54) is 28.7 Å². The van der Waals surface area contributed by atoms with Gasteiger partial charge in [-0.05, 0) is 97.8 Å². The summed E-state index contributed by atoms with van der Waals surface area (Å²) in [6, 6.07) is 27.6. The fourth-order valence-electron chi connectivity index (χ4n) is 8.24. The third-order valence-corrected chi connectivity index (χ3v) is 10.6. The third-order valence-electron chi connectivity index (χ3n) is 10.6. The van der Waals surface area contributed by atoms with Crippen molar-refractivity contribution in [1.82, 2.24) is 15.1 Å². The van der Waals surface area contributed by atoms with Gasteiger partial charge >= 0.3 is 0 Å². The Balaban J connectivity index is 1.09. The van der Waals surface area contributed by atoms with E-state index in [9.17, 15) is 9.90 Å². The van der Waals surface area contributed by atoms with E-state index in [0.717, 1.165) is 77.8 Å². The molecule has 0 spiro atoms. The van der Waals surface area contributed by atoms with Gasteiger partial charge in [-0.1, -0.05) is 73.7 Å². The average Bonchev–Trinajstić information content (AvgIpc) is 3.00. The highest BCUT2D eigenvalue weighted by Crippen LogP contribution is 2.57. The number of nitrogens with one attached hydrogen (secondary N) is 1. The minimum Gasteiger partial charge on any atom is -0.508 e. The maximum atomic E-state index is 13.2. The molecule has 3 atom stereocenters. The second kappa shape index (κ2) is 12.6. The van der Waals surface area contributed by atoms with Gasteiger partial charge < -0.3 is 15.3 Å². The van der Waals surface area contributed by atoms with Crippen molar-refractivity contribution in [2.75, 3.05) is 32.7 Å². The van der Waals surface area contributed by atoms with Crippen molar-refractivity contribution in [2.24, 2.45) is 5.41 Å². The zero-order valence-electron chi connectivity index (χ0n) is 25.2. The van der Waals surface area contributed by atoms with Gasteiger partial charge in [0.05, 0.1) is 0 Å². The van der Waals surface area contributed by atoms with E-state index in [2.05, 4.69) is 82.7 Å². The van der Waals surface area contributed by atoms with Gasteiger partial charge in [-0.2, -0.15) is 0 Å². The summed E-state index contributed by atoms with van der Waals surface area (Å²) in [5.41, 5.74) is 5.53. The van der Waals surface area contributed by atoms with Crippen LogP contribution in [0.2, 0.25) is 0 Å². The van der Waals surface area contributed by atoms with E-state index < -0.39 is 0 Å². The van der Waals surface area contributed by atoms with Gasteiger partial charge in [-0.3, -0.25) is 9.69 Å². The monoisotopic (exact) mass is 565 g/mol. The molecule has 222 valence electrons. The minimum atomic E-state index is -0.0611. The molecule has 2 N–H and O–H groups in total. The van der Waals surface area contributed by atoms with Crippen molar-refractivity contribution in [3.8, 4) is 5.75 Å². The molecule has 3 aliphatic rings. The molecule has 2 heterocycles. The standard InChI is InChI=1S/C37H47N3O2/c1-36-19-16-33(38-35(42)18-23-39-22-17-30-12-5-6-13-31(30)27-39)26-37(36,32-14-7-15-34(41)25-32)20-24-40(28-36)21-8-11-29-9-3-2-4-10-29/h2-7,9-10,12-15,25,33,41H,8,11,16-24,26-28H2,1H3,(H,38,42)/t33-,36-,37-/m1/s1. The highest BCUT2D eigenvalue weighted by atomic mass is 16.3. The van der Waals surface area contributed by atoms with Crippen LogP contribution in [-0.2, 0) is 29.6 Å². The Morgan fingerprint density at radius 2 is 1.74 bits per heavy atom. The lowest BCUT2D eigenvalue weighted by molar-refractivity contribution is -0.123. The molecule has 2 fully saturated rings. The SMILES string of the molecule is C[C@]12CC[C@@H](NC(=O)CCN3CCc4ccccc4C3)C[C@@]1(c1cccc(O)c1)CCN(CCCc1ccccc1)C2. The molecule has 1 aliphatic carbocycles. The maximum Gasteiger partial charge on any atom is 0.221 e. The number of phenolic OH excluding ortho intramolecular Hbond substituents is 1. The van der Waals surface area contributed by atoms with Crippen LogP contribution in [0.4, 0.5) is 0 Å². The predicted molar refractivity (Wildman–Crippen MR) is 170 cm³/mol. The van der Waals surface area contributed by atoms with E-state index in [4.69, 9.17) is 0 Å². The van der Waals surface area contributed by atoms with Crippen molar-refractivity contribution in [3.63, 3.8) is 0 Å². The van der Waals surface area contributed by atoms with Crippen LogP contribution in [0.5, 0.6) is 5.75 Å². The molecular weight excluding hydrogens is 518 g/mol. The summed E-state index contributed by atoms with van der Waals surface area (Å²) in [4.78, 5) is 18.3. The molecule has 0 bridgehead atoms. The van der Waals surface area contributed by atoms with Crippen molar-refractivity contribution in [2.45, 2.75) is 76.3 Å². The van der Waals surface area contributed by atoms with Crippen LogP contribution in [0.1, 0.15) is 67.7 Å². The maximum absolute atomic E-state index is 13.2. The molecule has 3 aromatic carbocycles. The molecule has 0 aromatic heterocycles. The zero-order chi connectivity index (χ0) is 29.0. The first kappa shape index (κ1) is 28.9. The molecule has 42 heavy (non-hydrogen) atoms. The van der Waals surface area contributed by atoms with Crippen LogP contribution >= 0.6 is 0 Å². The van der Waals surface area contributed by atoms with E-state index in [1.807, 2.05) is 12.1 Å². The number of piperidine rings is 1. The Labute approximate surface area is 251 Å². The van der Waals surface area contributed by atoms with Crippen LogP contribution in [0.25, 0.3) is 0 Å². The first-order valence-electron chi connectivity index (χ1n) is 16.1. The first-order valence-corrected chi connectivity index (χ1v) is 16.1. The number of amides is 1. The number of aryl methyl sites for hydroxylation is 1. The summed E-state index contributed by atoms with van der Waals surface area (Å²) in [7, 11) is 0. The predicted octanol–water partition coefficient (Wildman–Crippen LogP) is 6.09. The van der Waals surface area contributed by atoms with Crippen LogP contribution in [0, 0.1) is 5.41 Å². The van der Waals surface area contributed by atoms with Crippen molar-refractivity contribution < 1.29 is 9.90 Å². The quantitative estimate of drug-likeness (QED) is 0.330. The smallest absolute Gasteiger partial charge is 0.221 e. The molecule has 1 saturated heterocycles. The molecule has 1 amide bonds. The van der Waals surface area contributed by atoms with Crippen LogP contribution < -0.4 is 5.32 Å². The van der Waals surface area contributed by atoms with Gasteiger partial charge in [-0.25, -0.2) is 0 Å². The van der Waals surface area contributed by atoms with Gasteiger partial charge in [-0.15, -0.1) is 0 Å². The van der Waals surface area contributed by atoms with Gasteiger partial charge in [0.2, 0.25) is 5.91 Å². The summed E-state index contributed by atoms with van der Waals surface area (Å²) in [6.07, 6.45) is 7.97. The number of benzene rings is 3. The number of likely N-dealkylation sites (tertiary alicyclic amines) is 1. The van der Waals surface area contributed by atoms with Crippen LogP contribution in [0.3, 0.4) is 0 Å². The molecule has 0 unspecified atom stereocenters. The number of carbonyl (C=O) groups excluding carboxylic acids is 1. The first-order chi connectivity index (χ1) is 20.4. The number of rotatable bonds is 9. The van der Waals surface area contributed by atoms with Crippen molar-refractivity contribution >= 4 is 5.91 Å². The molecule has 5 heteroatoms. The number of nitrogens with zero attached hydrogens (tertiary/aromatic N) is 2. The molecule has 0 radical (unpaired) electrons. The number of fused-ring (bicyclic) bond motifs is 2. The number of phenols is 1. The normalized spacial score (nSPS) is 26.3. The molecule has 2 aliphatic heterocycles. The second-order valence-corrected chi connectivity index (χ2v) is 13.4. The number of hydrogen-bond acceptors (Lipinski definition) is 4. The van der Waals surface area contributed by atoms with E-state index in [0.29, 0.717) is 12.2 Å². The summed E-state index contributed by atoms with van der Waals surface area (Å²) in [6.45, 7) is 8.46. The highest BCUT2D eigenvalue weighted by molar-refractivity contribution is 5.76.